The molecule has 3 N–H and O–H groups in total. The van der Waals surface area contributed by atoms with Crippen molar-refractivity contribution in [2.75, 3.05) is 18.6 Å². The SMILES string of the molecule is CSCCC(NC(=O)COc1ccccc1)C(=O)NNC(=O)c1cccs1. The maximum absolute atomic E-state index is 12.3. The molecule has 0 aliphatic carbocycles. The first-order valence-corrected chi connectivity index (χ1v) is 10.5. The Labute approximate surface area is 165 Å². The number of carbonyl (C=O) groups excluding carboxylic acids is 3. The van der Waals surface area contributed by atoms with Gasteiger partial charge >= 0.3 is 0 Å². The van der Waals surface area contributed by atoms with Crippen LogP contribution in [0, 0.1) is 0 Å². The van der Waals surface area contributed by atoms with Crippen molar-refractivity contribution in [3.63, 3.8) is 0 Å². The Hall–Kier alpha value is -2.52. The van der Waals surface area contributed by atoms with Crippen molar-refractivity contribution < 1.29 is 19.1 Å². The van der Waals surface area contributed by atoms with Crippen molar-refractivity contribution in [1.82, 2.24) is 16.2 Å². The summed E-state index contributed by atoms with van der Waals surface area (Å²) >= 11 is 2.83. The predicted octanol–water partition coefficient (Wildman–Crippen LogP) is 1.83. The third kappa shape index (κ3) is 7.32. The number of hydrogen-bond acceptors (Lipinski definition) is 6. The van der Waals surface area contributed by atoms with Crippen LogP contribution in [0.25, 0.3) is 0 Å². The quantitative estimate of drug-likeness (QED) is 0.551. The van der Waals surface area contributed by atoms with Crippen molar-refractivity contribution >= 4 is 40.8 Å². The number of hydrogen-bond donors (Lipinski definition) is 3. The summed E-state index contributed by atoms with van der Waals surface area (Å²) in [5.41, 5.74) is 4.72. The zero-order chi connectivity index (χ0) is 19.5. The van der Waals surface area contributed by atoms with E-state index in [4.69, 9.17) is 4.74 Å². The number of rotatable bonds is 9. The van der Waals surface area contributed by atoms with Gasteiger partial charge in [-0.2, -0.15) is 11.8 Å². The molecule has 1 heterocycles. The molecule has 0 spiro atoms. The molecule has 0 fully saturated rings. The largest absolute Gasteiger partial charge is 0.484 e. The number of carbonyl (C=O) groups is 3. The highest BCUT2D eigenvalue weighted by Gasteiger charge is 2.21. The molecule has 1 unspecified atom stereocenters. The topological polar surface area (TPSA) is 96.5 Å². The van der Waals surface area contributed by atoms with E-state index in [9.17, 15) is 14.4 Å². The Balaban J connectivity index is 1.83. The molecule has 1 aromatic heterocycles. The molecule has 0 saturated carbocycles. The first-order chi connectivity index (χ1) is 13.1. The molecule has 3 amide bonds. The molecule has 0 radical (unpaired) electrons. The Bertz CT molecular complexity index is 738. The maximum atomic E-state index is 12.3. The fourth-order valence-electron chi connectivity index (χ4n) is 2.08. The molecule has 1 atom stereocenters. The summed E-state index contributed by atoms with van der Waals surface area (Å²) in [6.07, 6.45) is 2.34. The monoisotopic (exact) mass is 407 g/mol. The number of ether oxygens (including phenoxy) is 1. The average molecular weight is 408 g/mol. The fourth-order valence-corrected chi connectivity index (χ4v) is 3.17. The summed E-state index contributed by atoms with van der Waals surface area (Å²) in [7, 11) is 0. The molecular weight excluding hydrogens is 386 g/mol. The van der Waals surface area contributed by atoms with E-state index in [1.807, 2.05) is 12.3 Å². The van der Waals surface area contributed by atoms with Crippen LogP contribution >= 0.6 is 23.1 Å². The van der Waals surface area contributed by atoms with Gasteiger partial charge in [-0.15, -0.1) is 11.3 Å². The van der Waals surface area contributed by atoms with Gasteiger partial charge in [0.25, 0.3) is 17.7 Å². The molecule has 7 nitrogen and oxygen atoms in total. The summed E-state index contributed by atoms with van der Waals surface area (Å²) < 4.78 is 5.38. The number of thiophene rings is 1. The van der Waals surface area contributed by atoms with Crippen molar-refractivity contribution in [2.24, 2.45) is 0 Å². The Morgan fingerprint density at radius 1 is 1.11 bits per heavy atom. The summed E-state index contributed by atoms with van der Waals surface area (Å²) in [5.74, 6) is -0.0510. The molecule has 0 bridgehead atoms. The Kier molecular flexibility index (Phi) is 8.66. The molecule has 9 heteroatoms. The lowest BCUT2D eigenvalue weighted by Crippen LogP contribution is -2.53. The molecule has 27 heavy (non-hydrogen) atoms. The summed E-state index contributed by atoms with van der Waals surface area (Å²) in [5, 5.41) is 4.41. The number of nitrogens with one attached hydrogen (secondary N) is 3. The number of benzene rings is 1. The van der Waals surface area contributed by atoms with Crippen LogP contribution in [-0.4, -0.2) is 42.4 Å². The van der Waals surface area contributed by atoms with E-state index in [-0.39, 0.29) is 6.61 Å². The first kappa shape index (κ1) is 20.8. The minimum Gasteiger partial charge on any atom is -0.484 e. The second-order valence-electron chi connectivity index (χ2n) is 5.42. The molecule has 0 saturated heterocycles. The summed E-state index contributed by atoms with van der Waals surface area (Å²) in [6.45, 7) is -0.200. The third-order valence-corrected chi connectivity index (χ3v) is 4.93. The zero-order valence-electron chi connectivity index (χ0n) is 14.8. The third-order valence-electron chi connectivity index (χ3n) is 3.42. The molecule has 0 aliphatic heterocycles. The van der Waals surface area contributed by atoms with Crippen molar-refractivity contribution in [2.45, 2.75) is 12.5 Å². The van der Waals surface area contributed by atoms with Gasteiger partial charge in [-0.05, 0) is 42.0 Å². The Morgan fingerprint density at radius 3 is 2.56 bits per heavy atom. The first-order valence-electron chi connectivity index (χ1n) is 8.20. The number of para-hydroxylation sites is 1. The fraction of sp³-hybridized carbons (Fsp3) is 0.278. The molecule has 2 aromatic rings. The molecule has 144 valence electrons. The van der Waals surface area contributed by atoms with Crippen LogP contribution in [0.15, 0.2) is 47.8 Å². The van der Waals surface area contributed by atoms with Crippen LogP contribution < -0.4 is 20.9 Å². The maximum Gasteiger partial charge on any atom is 0.279 e. The number of thioether (sulfide) groups is 1. The normalized spacial score (nSPS) is 11.3. The second kappa shape index (κ2) is 11.2. The second-order valence-corrected chi connectivity index (χ2v) is 7.36. The molecule has 1 aromatic carbocycles. The summed E-state index contributed by atoms with van der Waals surface area (Å²) in [4.78, 5) is 36.8. The van der Waals surface area contributed by atoms with Gasteiger partial charge in [-0.3, -0.25) is 25.2 Å². The minimum absolute atomic E-state index is 0.200. The van der Waals surface area contributed by atoms with Crippen LogP contribution in [0.3, 0.4) is 0 Å². The van der Waals surface area contributed by atoms with Gasteiger partial charge in [0.15, 0.2) is 6.61 Å². The van der Waals surface area contributed by atoms with Gasteiger partial charge in [0.05, 0.1) is 4.88 Å². The lowest BCUT2D eigenvalue weighted by Gasteiger charge is -2.18. The lowest BCUT2D eigenvalue weighted by atomic mass is 10.2. The molecule has 2 rings (SSSR count). The van der Waals surface area contributed by atoms with Gasteiger partial charge in [0, 0.05) is 0 Å². The highest BCUT2D eigenvalue weighted by atomic mass is 32.2. The van der Waals surface area contributed by atoms with Gasteiger partial charge in [0.1, 0.15) is 11.8 Å². The van der Waals surface area contributed by atoms with E-state index >= 15 is 0 Å². The smallest absolute Gasteiger partial charge is 0.279 e. The van der Waals surface area contributed by atoms with Crippen LogP contribution in [0.5, 0.6) is 5.75 Å². The Morgan fingerprint density at radius 2 is 1.89 bits per heavy atom. The van der Waals surface area contributed by atoms with Crippen LogP contribution in [-0.2, 0) is 9.59 Å². The molecular formula is C18H21N3O4S2. The highest BCUT2D eigenvalue weighted by molar-refractivity contribution is 7.98. The highest BCUT2D eigenvalue weighted by Crippen LogP contribution is 2.08. The average Bonchev–Trinajstić information content (AvgIpc) is 3.23. The van der Waals surface area contributed by atoms with Gasteiger partial charge < -0.3 is 10.1 Å². The predicted molar refractivity (Wildman–Crippen MR) is 107 cm³/mol. The lowest BCUT2D eigenvalue weighted by molar-refractivity contribution is -0.130. The summed E-state index contributed by atoms with van der Waals surface area (Å²) in [6, 6.07) is 11.6. The zero-order valence-corrected chi connectivity index (χ0v) is 16.4. The van der Waals surface area contributed by atoms with Crippen LogP contribution in [0.2, 0.25) is 0 Å². The van der Waals surface area contributed by atoms with Gasteiger partial charge in [-0.25, -0.2) is 0 Å². The van der Waals surface area contributed by atoms with Crippen LogP contribution in [0.4, 0.5) is 0 Å². The van der Waals surface area contributed by atoms with E-state index in [0.29, 0.717) is 22.8 Å². The van der Waals surface area contributed by atoms with Gasteiger partial charge in [-0.1, -0.05) is 24.3 Å². The van der Waals surface area contributed by atoms with E-state index in [0.717, 1.165) is 0 Å². The molecule has 0 aliphatic rings. The van der Waals surface area contributed by atoms with Gasteiger partial charge in [0.2, 0.25) is 0 Å². The van der Waals surface area contributed by atoms with Crippen molar-refractivity contribution in [1.29, 1.82) is 0 Å². The van der Waals surface area contributed by atoms with E-state index in [1.54, 1.807) is 53.5 Å². The standard InChI is InChI=1S/C18H21N3O4S2/c1-26-11-9-14(17(23)20-21-18(24)15-8-5-10-27-15)19-16(22)12-25-13-6-3-2-4-7-13/h2-8,10,14H,9,11-12H2,1H3,(H,19,22)(H,20,23)(H,21,24). The van der Waals surface area contributed by atoms with Crippen LogP contribution in [0.1, 0.15) is 16.1 Å². The van der Waals surface area contributed by atoms with E-state index in [2.05, 4.69) is 16.2 Å². The van der Waals surface area contributed by atoms with E-state index in [1.165, 1.54) is 11.3 Å². The van der Waals surface area contributed by atoms with E-state index < -0.39 is 23.8 Å². The number of amides is 3. The van der Waals surface area contributed by atoms with Crippen molar-refractivity contribution in [3.05, 3.63) is 52.7 Å². The van der Waals surface area contributed by atoms with Crippen molar-refractivity contribution in [3.8, 4) is 5.75 Å². The minimum atomic E-state index is -0.770. The number of hydrazine groups is 1.